The Morgan fingerprint density at radius 3 is 2.52 bits per heavy atom. The Kier molecular flexibility index (Phi) is 14.6. The van der Waals surface area contributed by atoms with Crippen molar-refractivity contribution in [3.8, 4) is 5.75 Å². The van der Waals surface area contributed by atoms with Crippen molar-refractivity contribution in [1.82, 2.24) is 25.3 Å². The number of rotatable bonds is 15. The summed E-state index contributed by atoms with van der Waals surface area (Å²) in [6.45, 7) is 8.44. The minimum atomic E-state index is -0.888. The first-order valence-corrected chi connectivity index (χ1v) is 23.4. The fourth-order valence-electron chi connectivity index (χ4n) is 10.1. The Hall–Kier alpha value is -5.28. The second kappa shape index (κ2) is 20.7. The van der Waals surface area contributed by atoms with Gasteiger partial charge in [-0.1, -0.05) is 35.9 Å². The number of carbonyl (C=O) groups excluding carboxylic acids is 4. The molecule has 8 rings (SSSR count). The van der Waals surface area contributed by atoms with Gasteiger partial charge in [0.15, 0.2) is 0 Å². The number of anilines is 1. The van der Waals surface area contributed by atoms with Crippen LogP contribution in [0.3, 0.4) is 0 Å². The predicted molar refractivity (Wildman–Crippen MR) is 247 cm³/mol. The lowest BCUT2D eigenvalue weighted by Gasteiger charge is -2.37. The molecule has 0 aromatic heterocycles. The molecule has 0 bridgehead atoms. The van der Waals surface area contributed by atoms with Crippen LogP contribution in [-0.2, 0) is 20.9 Å². The molecule has 2 aromatic rings. The second-order valence-electron chi connectivity index (χ2n) is 17.7. The molecule has 4 aliphatic heterocycles. The van der Waals surface area contributed by atoms with E-state index in [0.717, 1.165) is 116 Å². The molecular weight excluding hydrogens is 832 g/mol. The smallest absolute Gasteiger partial charge is 0.255 e. The number of fused-ring (bicyclic) bond motifs is 1. The van der Waals surface area contributed by atoms with Crippen LogP contribution >= 0.6 is 11.6 Å². The van der Waals surface area contributed by atoms with Crippen molar-refractivity contribution in [2.45, 2.75) is 108 Å². The van der Waals surface area contributed by atoms with Crippen molar-refractivity contribution in [3.63, 3.8) is 0 Å². The quantitative estimate of drug-likeness (QED) is 0.0798. The third kappa shape index (κ3) is 10.5. The van der Waals surface area contributed by atoms with Crippen LogP contribution in [0, 0.1) is 0 Å². The van der Waals surface area contributed by atoms with E-state index in [2.05, 4.69) is 44.5 Å². The largest absolute Gasteiger partial charge is 0.462 e. The number of hydrogen-bond donors (Lipinski definition) is 4. The molecule has 0 radical (unpaired) electrons. The number of nitrogens with one attached hydrogen (secondary N) is 2. The van der Waals surface area contributed by atoms with Crippen LogP contribution in [0.5, 0.6) is 5.75 Å². The maximum atomic E-state index is 13.3. The lowest BCUT2D eigenvalue weighted by molar-refractivity contribution is -0.137. The van der Waals surface area contributed by atoms with Gasteiger partial charge in [-0.15, -0.1) is 0 Å². The number of nitrogens with two attached hydrogens (primary N) is 1. The van der Waals surface area contributed by atoms with Gasteiger partial charge in [0.1, 0.15) is 23.7 Å². The van der Waals surface area contributed by atoms with Crippen molar-refractivity contribution in [2.75, 3.05) is 50.7 Å². The number of para-hydroxylation sites is 1. The van der Waals surface area contributed by atoms with Gasteiger partial charge < -0.3 is 35.6 Å². The lowest BCUT2D eigenvalue weighted by Crippen LogP contribution is -2.52. The Bertz CT molecular complexity index is 2240. The molecule has 0 spiro atoms. The van der Waals surface area contributed by atoms with E-state index in [1.807, 2.05) is 53.4 Å². The number of piperazine rings is 1. The summed E-state index contributed by atoms with van der Waals surface area (Å²) in [6, 6.07) is 15.0. The van der Waals surface area contributed by atoms with Gasteiger partial charge in [-0.2, -0.15) is 0 Å². The summed E-state index contributed by atoms with van der Waals surface area (Å²) >= 11 is 6.82. The zero-order valence-corrected chi connectivity index (χ0v) is 37.5. The first kappa shape index (κ1) is 45.3. The van der Waals surface area contributed by atoms with Crippen molar-refractivity contribution >= 4 is 47.3 Å². The van der Waals surface area contributed by atoms with E-state index < -0.39 is 18.1 Å². The standard InChI is InChI=1S/C49H61ClN8O6/c1-32(46-40(10-7-11-42(46)52-31-51)47(61)39-16-14-37(29-41(39)50)64-36-8-3-2-4-9-36)53-34-19-22-57(23-20-34)45(60)12-5-6-21-55-24-26-56(27-25-55)35-13-15-38-33(28-35)30-58(49(38)63)43-17-18-44(59)54-48(43)62/h2-4,8-10,13,15,28-29,31-32,34,43,47,53,61H,5-7,11-12,14,16-27,30H2,1H3,(H2,51,52)(H,54,59,62)/t32?,43-,47?/m0/s1. The Balaban J connectivity index is 0.759. The van der Waals surface area contributed by atoms with Gasteiger partial charge in [-0.05, 0) is 124 Å². The number of nitrogens with zero attached hydrogens (tertiary/aromatic N) is 5. The van der Waals surface area contributed by atoms with Crippen LogP contribution in [0.4, 0.5) is 5.69 Å². The Morgan fingerprint density at radius 1 is 1.00 bits per heavy atom. The molecule has 4 amide bonds. The number of carbonyl (C=O) groups is 4. The van der Waals surface area contributed by atoms with Crippen LogP contribution in [-0.4, -0.2) is 120 Å². The van der Waals surface area contributed by atoms with Crippen LogP contribution in [0.2, 0.25) is 0 Å². The van der Waals surface area contributed by atoms with Gasteiger partial charge in [-0.25, -0.2) is 4.99 Å². The highest BCUT2D eigenvalue weighted by atomic mass is 35.5. The minimum Gasteiger partial charge on any atom is -0.462 e. The zero-order valence-electron chi connectivity index (χ0n) is 36.8. The number of unbranched alkanes of at least 4 members (excludes halogenated alkanes) is 1. The van der Waals surface area contributed by atoms with E-state index in [0.29, 0.717) is 55.9 Å². The number of benzene rings is 2. The Morgan fingerprint density at radius 2 is 1.78 bits per heavy atom. The lowest BCUT2D eigenvalue weighted by atomic mass is 9.82. The van der Waals surface area contributed by atoms with Gasteiger partial charge >= 0.3 is 0 Å². The van der Waals surface area contributed by atoms with Gasteiger partial charge in [0.2, 0.25) is 17.7 Å². The minimum absolute atomic E-state index is 0.110. The number of likely N-dealkylation sites (tertiary alicyclic amines) is 1. The molecule has 0 saturated carbocycles. The number of aliphatic hydroxyl groups is 1. The highest BCUT2D eigenvalue weighted by Gasteiger charge is 2.39. The van der Waals surface area contributed by atoms with Gasteiger partial charge in [0.25, 0.3) is 5.91 Å². The van der Waals surface area contributed by atoms with E-state index in [4.69, 9.17) is 22.1 Å². The maximum absolute atomic E-state index is 13.3. The number of aliphatic imine (C=N–C) groups is 1. The molecule has 4 heterocycles. The highest BCUT2D eigenvalue weighted by molar-refractivity contribution is 6.31. The number of halogens is 1. The first-order valence-electron chi connectivity index (χ1n) is 23.0. The van der Waals surface area contributed by atoms with E-state index in [1.54, 1.807) is 4.90 Å². The summed E-state index contributed by atoms with van der Waals surface area (Å²) < 4.78 is 6.05. The fraction of sp³-hybridized carbons (Fsp3) is 0.490. The summed E-state index contributed by atoms with van der Waals surface area (Å²) in [7, 11) is 0. The highest BCUT2D eigenvalue weighted by Crippen LogP contribution is 2.39. The summed E-state index contributed by atoms with van der Waals surface area (Å²) in [5.74, 6) is 0.894. The van der Waals surface area contributed by atoms with Crippen molar-refractivity contribution < 1.29 is 29.0 Å². The van der Waals surface area contributed by atoms with E-state index in [9.17, 15) is 24.3 Å². The molecule has 3 saturated heterocycles. The van der Waals surface area contributed by atoms with Gasteiger partial charge in [-0.3, -0.25) is 29.4 Å². The van der Waals surface area contributed by atoms with Crippen LogP contribution in [0.1, 0.15) is 93.5 Å². The van der Waals surface area contributed by atoms with Crippen LogP contribution in [0.25, 0.3) is 0 Å². The van der Waals surface area contributed by atoms with Crippen molar-refractivity contribution in [3.05, 3.63) is 105 Å². The molecule has 3 fully saturated rings. The topological polar surface area (TPSA) is 173 Å². The number of imide groups is 1. The van der Waals surface area contributed by atoms with Crippen LogP contribution in [0.15, 0.2) is 98.9 Å². The predicted octanol–water partition coefficient (Wildman–Crippen LogP) is 5.28. The summed E-state index contributed by atoms with van der Waals surface area (Å²) in [4.78, 5) is 63.5. The molecular formula is C49H61ClN8O6. The number of allylic oxidation sites excluding steroid dienone is 5. The number of amides is 4. The molecule has 64 heavy (non-hydrogen) atoms. The van der Waals surface area contributed by atoms with Gasteiger partial charge in [0.05, 0.1) is 6.34 Å². The summed E-state index contributed by atoms with van der Waals surface area (Å²) in [5.41, 5.74) is 11.8. The maximum Gasteiger partial charge on any atom is 0.255 e. The summed E-state index contributed by atoms with van der Waals surface area (Å²) in [6.07, 6.45) is 11.7. The number of ether oxygens (including phenoxy) is 1. The number of aliphatic hydroxyl groups excluding tert-OH is 1. The third-order valence-electron chi connectivity index (χ3n) is 13.6. The van der Waals surface area contributed by atoms with E-state index in [1.165, 1.54) is 6.34 Å². The molecule has 2 unspecified atom stereocenters. The van der Waals surface area contributed by atoms with Crippen LogP contribution < -0.4 is 26.0 Å². The molecule has 3 atom stereocenters. The molecule has 2 aliphatic carbocycles. The van der Waals surface area contributed by atoms with Crippen molar-refractivity contribution in [2.24, 2.45) is 10.7 Å². The molecule has 14 nitrogen and oxygen atoms in total. The Labute approximate surface area is 380 Å². The first-order chi connectivity index (χ1) is 31.1. The molecule has 5 N–H and O–H groups in total. The molecule has 2 aromatic carbocycles. The monoisotopic (exact) mass is 892 g/mol. The van der Waals surface area contributed by atoms with Gasteiger partial charge in [0, 0.05) is 99.1 Å². The number of hydrogen-bond acceptors (Lipinski definition) is 10. The average molecular weight is 894 g/mol. The summed E-state index contributed by atoms with van der Waals surface area (Å²) in [5, 5.41) is 18.5. The average Bonchev–Trinajstić information content (AvgIpc) is 3.63. The normalized spacial score (nSPS) is 22.5. The third-order valence-corrected chi connectivity index (χ3v) is 13.9. The zero-order chi connectivity index (χ0) is 44.7. The SMILES string of the molecule is CC(NC1CCN(C(=O)CCCCN2CCN(c3ccc4c(c3)CN([C@H]3CCC(=O)NC3=O)C4=O)CC2)CC1)C1=C(N=CN)CCC=C1C(O)C1=C(Cl)C=C(Oc2ccccc2)CC1. The molecule has 340 valence electrons. The molecule has 15 heteroatoms. The van der Waals surface area contributed by atoms with E-state index >= 15 is 0 Å². The molecule has 6 aliphatic rings. The van der Waals surface area contributed by atoms with E-state index in [-0.39, 0.29) is 36.2 Å². The number of piperidine rings is 2. The second-order valence-corrected chi connectivity index (χ2v) is 18.1. The fourth-order valence-corrected chi connectivity index (χ4v) is 10.4. The van der Waals surface area contributed by atoms with Crippen molar-refractivity contribution in [1.29, 1.82) is 0 Å².